The molecule has 0 unspecified atom stereocenters. The van der Waals surface area contributed by atoms with Crippen molar-refractivity contribution in [3.63, 3.8) is 0 Å². The zero-order valence-corrected chi connectivity index (χ0v) is 11.2. The molecule has 4 heteroatoms. The fourth-order valence-electron chi connectivity index (χ4n) is 2.74. The van der Waals surface area contributed by atoms with E-state index < -0.39 is 0 Å². The molecule has 0 radical (unpaired) electrons. The van der Waals surface area contributed by atoms with Crippen LogP contribution >= 0.6 is 0 Å². The van der Waals surface area contributed by atoms with E-state index in [1.807, 2.05) is 11.8 Å². The van der Waals surface area contributed by atoms with Crippen LogP contribution in [0.25, 0.3) is 0 Å². The summed E-state index contributed by atoms with van der Waals surface area (Å²) in [5.74, 6) is 0. The fourth-order valence-corrected chi connectivity index (χ4v) is 2.74. The van der Waals surface area contributed by atoms with E-state index in [0.717, 1.165) is 38.6 Å². The summed E-state index contributed by atoms with van der Waals surface area (Å²) in [4.78, 5) is 13.9. The predicted molar refractivity (Wildman–Crippen MR) is 68.9 cm³/mol. The van der Waals surface area contributed by atoms with Gasteiger partial charge in [0.1, 0.15) is 0 Å². The summed E-state index contributed by atoms with van der Waals surface area (Å²) >= 11 is 0. The molecule has 0 aromatic carbocycles. The second kappa shape index (κ2) is 6.84. The molecule has 1 rings (SSSR count). The third-order valence-corrected chi connectivity index (χ3v) is 3.67. The van der Waals surface area contributed by atoms with Crippen molar-refractivity contribution in [2.24, 2.45) is 5.73 Å². The van der Waals surface area contributed by atoms with Gasteiger partial charge in [-0.3, -0.25) is 0 Å². The van der Waals surface area contributed by atoms with Gasteiger partial charge in [0.25, 0.3) is 0 Å². The Morgan fingerprint density at radius 2 is 1.94 bits per heavy atom. The van der Waals surface area contributed by atoms with E-state index in [0.29, 0.717) is 13.2 Å². The Morgan fingerprint density at radius 1 is 1.29 bits per heavy atom. The number of ether oxygens (including phenoxy) is 1. The monoisotopic (exact) mass is 242 g/mol. The van der Waals surface area contributed by atoms with Crippen molar-refractivity contribution in [1.82, 2.24) is 4.90 Å². The lowest BCUT2D eigenvalue weighted by molar-refractivity contribution is 0.0356. The first kappa shape index (κ1) is 14.3. The SMILES string of the molecule is CCCN(C(=O)OCC)C1(CN)CCCCC1. The lowest BCUT2D eigenvalue weighted by Crippen LogP contribution is -2.57. The van der Waals surface area contributed by atoms with Crippen LogP contribution in [0, 0.1) is 0 Å². The molecule has 4 nitrogen and oxygen atoms in total. The van der Waals surface area contributed by atoms with Crippen LogP contribution in [-0.2, 0) is 4.74 Å². The molecule has 1 saturated carbocycles. The van der Waals surface area contributed by atoms with Crippen LogP contribution in [-0.4, -0.2) is 36.2 Å². The number of nitrogens with zero attached hydrogens (tertiary/aromatic N) is 1. The summed E-state index contributed by atoms with van der Waals surface area (Å²) in [7, 11) is 0. The highest BCUT2D eigenvalue weighted by atomic mass is 16.6. The molecule has 0 heterocycles. The average Bonchev–Trinajstić information content (AvgIpc) is 2.37. The molecule has 0 bridgehead atoms. The summed E-state index contributed by atoms with van der Waals surface area (Å²) in [6.07, 6.45) is 6.37. The molecule has 0 saturated heterocycles. The number of carbonyl (C=O) groups is 1. The van der Waals surface area contributed by atoms with E-state index in [1.165, 1.54) is 6.42 Å². The molecule has 0 aliphatic heterocycles. The van der Waals surface area contributed by atoms with E-state index in [2.05, 4.69) is 6.92 Å². The molecule has 1 aliphatic carbocycles. The highest BCUT2D eigenvalue weighted by Gasteiger charge is 2.39. The van der Waals surface area contributed by atoms with Crippen LogP contribution in [0.3, 0.4) is 0 Å². The summed E-state index contributed by atoms with van der Waals surface area (Å²) in [6.45, 7) is 5.65. The van der Waals surface area contributed by atoms with Gasteiger partial charge in [0.15, 0.2) is 0 Å². The Balaban J connectivity index is 2.80. The minimum Gasteiger partial charge on any atom is -0.450 e. The lowest BCUT2D eigenvalue weighted by Gasteiger charge is -2.45. The van der Waals surface area contributed by atoms with Crippen molar-refractivity contribution in [3.8, 4) is 0 Å². The number of hydrogen-bond acceptors (Lipinski definition) is 3. The molecular weight excluding hydrogens is 216 g/mol. The van der Waals surface area contributed by atoms with Crippen molar-refractivity contribution in [3.05, 3.63) is 0 Å². The normalized spacial score (nSPS) is 18.8. The smallest absolute Gasteiger partial charge is 0.410 e. The van der Waals surface area contributed by atoms with Crippen molar-refractivity contribution in [1.29, 1.82) is 0 Å². The molecule has 1 amide bonds. The van der Waals surface area contributed by atoms with Gasteiger partial charge in [0.05, 0.1) is 12.1 Å². The Morgan fingerprint density at radius 3 is 2.41 bits per heavy atom. The summed E-state index contributed by atoms with van der Waals surface area (Å²) < 4.78 is 5.17. The zero-order valence-electron chi connectivity index (χ0n) is 11.2. The van der Waals surface area contributed by atoms with Crippen molar-refractivity contribution >= 4 is 6.09 Å². The first-order valence-corrected chi connectivity index (χ1v) is 6.84. The van der Waals surface area contributed by atoms with E-state index in [1.54, 1.807) is 0 Å². The number of nitrogens with two attached hydrogens (primary N) is 1. The predicted octanol–water partition coefficient (Wildman–Crippen LogP) is 2.52. The van der Waals surface area contributed by atoms with Gasteiger partial charge < -0.3 is 15.4 Å². The van der Waals surface area contributed by atoms with Crippen molar-refractivity contribution in [2.75, 3.05) is 19.7 Å². The molecule has 1 aliphatic rings. The summed E-state index contributed by atoms with van der Waals surface area (Å²) in [6, 6.07) is 0. The molecule has 0 spiro atoms. The highest BCUT2D eigenvalue weighted by Crippen LogP contribution is 2.33. The maximum absolute atomic E-state index is 12.0. The van der Waals surface area contributed by atoms with Crippen molar-refractivity contribution in [2.45, 2.75) is 57.9 Å². The van der Waals surface area contributed by atoms with Gasteiger partial charge in [0, 0.05) is 13.1 Å². The highest BCUT2D eigenvalue weighted by molar-refractivity contribution is 5.68. The third kappa shape index (κ3) is 3.35. The first-order valence-electron chi connectivity index (χ1n) is 6.84. The second-order valence-electron chi connectivity index (χ2n) is 4.84. The number of hydrogen-bond donors (Lipinski definition) is 1. The zero-order chi connectivity index (χ0) is 12.7. The number of rotatable bonds is 5. The maximum Gasteiger partial charge on any atom is 0.410 e. The summed E-state index contributed by atoms with van der Waals surface area (Å²) in [5.41, 5.74) is 5.80. The van der Waals surface area contributed by atoms with E-state index >= 15 is 0 Å². The molecule has 2 N–H and O–H groups in total. The molecule has 0 atom stereocenters. The second-order valence-corrected chi connectivity index (χ2v) is 4.84. The number of amides is 1. The van der Waals surface area contributed by atoms with Crippen LogP contribution in [0.1, 0.15) is 52.4 Å². The van der Waals surface area contributed by atoms with Gasteiger partial charge in [-0.05, 0) is 26.2 Å². The van der Waals surface area contributed by atoms with Crippen LogP contribution < -0.4 is 5.73 Å². The largest absolute Gasteiger partial charge is 0.450 e. The standard InChI is InChI=1S/C13H26N2O2/c1-3-10-15(12(16)17-4-2)13(11-14)8-6-5-7-9-13/h3-11,14H2,1-2H3. The van der Waals surface area contributed by atoms with Crippen molar-refractivity contribution < 1.29 is 9.53 Å². The van der Waals surface area contributed by atoms with E-state index in [4.69, 9.17) is 10.5 Å². The van der Waals surface area contributed by atoms with Gasteiger partial charge in [-0.2, -0.15) is 0 Å². The topological polar surface area (TPSA) is 55.6 Å². The Kier molecular flexibility index (Phi) is 5.75. The fraction of sp³-hybridized carbons (Fsp3) is 0.923. The quantitative estimate of drug-likeness (QED) is 0.806. The van der Waals surface area contributed by atoms with Crippen LogP contribution in [0.15, 0.2) is 0 Å². The molecule has 1 fully saturated rings. The molecular formula is C13H26N2O2. The van der Waals surface area contributed by atoms with Gasteiger partial charge >= 0.3 is 6.09 Å². The Bertz CT molecular complexity index is 238. The average molecular weight is 242 g/mol. The van der Waals surface area contributed by atoms with Crippen LogP contribution in [0.2, 0.25) is 0 Å². The minimum absolute atomic E-state index is 0.152. The Hall–Kier alpha value is -0.770. The Labute approximate surface area is 104 Å². The van der Waals surface area contributed by atoms with Crippen LogP contribution in [0.4, 0.5) is 4.79 Å². The summed E-state index contributed by atoms with van der Waals surface area (Å²) in [5, 5.41) is 0. The van der Waals surface area contributed by atoms with Crippen LogP contribution in [0.5, 0.6) is 0 Å². The van der Waals surface area contributed by atoms with E-state index in [-0.39, 0.29) is 11.6 Å². The van der Waals surface area contributed by atoms with Gasteiger partial charge in [0.2, 0.25) is 0 Å². The van der Waals surface area contributed by atoms with E-state index in [9.17, 15) is 4.79 Å². The molecule has 0 aromatic rings. The van der Waals surface area contributed by atoms with Gasteiger partial charge in [-0.15, -0.1) is 0 Å². The first-order chi connectivity index (χ1) is 8.20. The lowest BCUT2D eigenvalue weighted by atomic mass is 9.80. The molecule has 0 aromatic heterocycles. The van der Waals surface area contributed by atoms with Gasteiger partial charge in [-0.1, -0.05) is 26.2 Å². The number of carbonyl (C=O) groups excluding carboxylic acids is 1. The maximum atomic E-state index is 12.0. The minimum atomic E-state index is -0.193. The third-order valence-electron chi connectivity index (χ3n) is 3.67. The van der Waals surface area contributed by atoms with Gasteiger partial charge in [-0.25, -0.2) is 4.79 Å². The molecule has 17 heavy (non-hydrogen) atoms. The molecule has 100 valence electrons.